The van der Waals surface area contributed by atoms with Crippen LogP contribution in [0, 0.1) is 29.3 Å². The summed E-state index contributed by atoms with van der Waals surface area (Å²) in [6, 6.07) is 13.7. The molecule has 0 heterocycles. The molecule has 0 unspecified atom stereocenters. The van der Waals surface area contributed by atoms with Gasteiger partial charge in [-0.05, 0) is 109 Å². The number of benzene rings is 3. The first kappa shape index (κ1) is 29.4. The van der Waals surface area contributed by atoms with Crippen molar-refractivity contribution in [3.8, 4) is 16.9 Å². The van der Waals surface area contributed by atoms with Crippen molar-refractivity contribution < 1.29 is 26.7 Å². The van der Waals surface area contributed by atoms with E-state index >= 15 is 8.78 Å². The summed E-state index contributed by atoms with van der Waals surface area (Å²) in [4.78, 5) is 3.32. The summed E-state index contributed by atoms with van der Waals surface area (Å²) in [5.74, 6) is -2.75. The number of hydrogen-bond donors (Lipinski definition) is 0. The molecule has 2 aliphatic carbocycles. The van der Waals surface area contributed by atoms with Crippen molar-refractivity contribution >= 4 is 23.1 Å². The van der Waals surface area contributed by atoms with Gasteiger partial charge in [0.15, 0.2) is 11.6 Å². The lowest BCUT2D eigenvalue weighted by Crippen LogP contribution is -2.37. The van der Waals surface area contributed by atoms with Gasteiger partial charge in [-0.1, -0.05) is 44.0 Å². The Morgan fingerprint density at radius 2 is 1.29 bits per heavy atom. The van der Waals surface area contributed by atoms with E-state index in [0.717, 1.165) is 30.2 Å². The van der Waals surface area contributed by atoms with Gasteiger partial charge in [0.25, 0.3) is 0 Å². The first-order valence-electron chi connectivity index (χ1n) is 14.2. The van der Waals surface area contributed by atoms with E-state index in [-0.39, 0.29) is 35.6 Å². The Morgan fingerprint density at radius 3 is 1.80 bits per heavy atom. The Morgan fingerprint density at radius 1 is 0.756 bits per heavy atom. The van der Waals surface area contributed by atoms with Crippen molar-refractivity contribution in [2.45, 2.75) is 76.2 Å². The van der Waals surface area contributed by atoms with E-state index in [4.69, 9.17) is 4.74 Å². The molecule has 2 saturated carbocycles. The fourth-order valence-corrected chi connectivity index (χ4v) is 6.40. The van der Waals surface area contributed by atoms with Gasteiger partial charge in [0.1, 0.15) is 17.3 Å². The van der Waals surface area contributed by atoms with Crippen LogP contribution in [0.15, 0.2) is 59.6 Å². The van der Waals surface area contributed by atoms with Crippen molar-refractivity contribution in [1.82, 2.24) is 0 Å². The minimum Gasteiger partial charge on any atom is -0.432 e. The lowest BCUT2D eigenvalue weighted by Gasteiger charge is -2.33. The smallest absolute Gasteiger partial charge is 0.400 e. The number of alkyl halides is 2. The molecule has 2 fully saturated rings. The SMILES string of the molecule is CC1CCC(c2ccc(C3CCC(C(F)(F)Oc4ccc(-c5cc(F)c(N=C=S)c(F)c5)c(F)c4)CC3)cc2)CC1. The fraction of sp³-hybridized carbons (Fsp3) is 0.424. The second-order valence-electron chi connectivity index (χ2n) is 11.5. The first-order chi connectivity index (χ1) is 19.6. The number of hydrogen-bond acceptors (Lipinski definition) is 3. The van der Waals surface area contributed by atoms with Crippen molar-refractivity contribution in [3.05, 3.63) is 83.2 Å². The minimum atomic E-state index is -3.49. The van der Waals surface area contributed by atoms with Crippen LogP contribution in [0.25, 0.3) is 11.1 Å². The molecule has 216 valence electrons. The molecule has 0 spiro atoms. The van der Waals surface area contributed by atoms with Gasteiger partial charge >= 0.3 is 6.11 Å². The average molecular weight is 586 g/mol. The molecule has 0 saturated heterocycles. The molecule has 3 aromatic rings. The number of ether oxygens (including phenoxy) is 1. The van der Waals surface area contributed by atoms with E-state index in [9.17, 15) is 13.2 Å². The minimum absolute atomic E-state index is 0.112. The maximum Gasteiger partial charge on any atom is 0.400 e. The monoisotopic (exact) mass is 585 g/mol. The van der Waals surface area contributed by atoms with Gasteiger partial charge in [0.05, 0.1) is 11.1 Å². The molecular formula is C33H32F5NOS. The molecular weight excluding hydrogens is 553 g/mol. The Labute approximate surface area is 242 Å². The largest absolute Gasteiger partial charge is 0.432 e. The summed E-state index contributed by atoms with van der Waals surface area (Å²) < 4.78 is 78.5. The molecule has 0 aliphatic heterocycles. The van der Waals surface area contributed by atoms with Gasteiger partial charge in [-0.25, -0.2) is 13.2 Å². The maximum atomic E-state index is 15.1. The van der Waals surface area contributed by atoms with Crippen molar-refractivity contribution in [2.24, 2.45) is 16.8 Å². The zero-order valence-corrected chi connectivity index (χ0v) is 23.6. The summed E-state index contributed by atoms with van der Waals surface area (Å²) in [6.07, 6.45) is 3.31. The van der Waals surface area contributed by atoms with Crippen molar-refractivity contribution in [3.63, 3.8) is 0 Å². The van der Waals surface area contributed by atoms with E-state index < -0.39 is 35.2 Å². The third kappa shape index (κ3) is 6.70. The standard InChI is InChI=1S/C33H32F5NOS/c1-20-2-4-21(5-3-20)22-6-8-23(9-7-22)24-10-12-26(13-11-24)33(37,38)40-27-14-15-28(29(34)18-27)25-16-30(35)32(39-19-41)31(36)17-25/h6-9,14-18,20-21,24,26H,2-5,10-13H2,1H3. The normalized spacial score (nSPS) is 23.1. The summed E-state index contributed by atoms with van der Waals surface area (Å²) in [5, 5.41) is 1.88. The van der Waals surface area contributed by atoms with E-state index in [1.165, 1.54) is 42.9 Å². The molecule has 0 radical (unpaired) electrons. The molecule has 0 bridgehead atoms. The molecule has 0 amide bonds. The lowest BCUT2D eigenvalue weighted by atomic mass is 9.76. The zero-order chi connectivity index (χ0) is 29.1. The molecule has 0 atom stereocenters. The van der Waals surface area contributed by atoms with Gasteiger partial charge in [-0.15, -0.1) is 0 Å². The second-order valence-corrected chi connectivity index (χ2v) is 11.7. The second kappa shape index (κ2) is 12.4. The zero-order valence-electron chi connectivity index (χ0n) is 22.8. The topological polar surface area (TPSA) is 21.6 Å². The Hall–Kier alpha value is -3.09. The maximum absolute atomic E-state index is 15.1. The lowest BCUT2D eigenvalue weighted by molar-refractivity contribution is -0.222. The van der Waals surface area contributed by atoms with Gasteiger partial charge in [-0.3, -0.25) is 0 Å². The van der Waals surface area contributed by atoms with Gasteiger partial charge < -0.3 is 4.74 Å². The van der Waals surface area contributed by atoms with Crippen LogP contribution in [0.5, 0.6) is 5.75 Å². The Bertz CT molecular complexity index is 1400. The molecule has 3 aromatic carbocycles. The highest BCUT2D eigenvalue weighted by Gasteiger charge is 2.44. The van der Waals surface area contributed by atoms with Gasteiger partial charge in [0.2, 0.25) is 0 Å². The van der Waals surface area contributed by atoms with Crippen LogP contribution < -0.4 is 4.74 Å². The summed E-state index contributed by atoms with van der Waals surface area (Å²) in [7, 11) is 0. The summed E-state index contributed by atoms with van der Waals surface area (Å²) in [5.41, 5.74) is 1.65. The number of rotatable bonds is 7. The van der Waals surface area contributed by atoms with E-state index in [0.29, 0.717) is 18.8 Å². The molecule has 0 aromatic heterocycles. The number of aliphatic imine (C=N–C) groups is 1. The van der Waals surface area contributed by atoms with Crippen molar-refractivity contribution in [2.75, 3.05) is 0 Å². The van der Waals surface area contributed by atoms with Crippen LogP contribution in [0.2, 0.25) is 0 Å². The van der Waals surface area contributed by atoms with Crippen LogP contribution in [0.1, 0.15) is 81.3 Å². The van der Waals surface area contributed by atoms with Crippen LogP contribution in [-0.4, -0.2) is 11.3 Å². The van der Waals surface area contributed by atoms with E-state index in [1.807, 2.05) is 5.16 Å². The Balaban J connectivity index is 1.20. The van der Waals surface area contributed by atoms with Gasteiger partial charge in [0, 0.05) is 11.6 Å². The van der Waals surface area contributed by atoms with E-state index in [1.54, 1.807) is 0 Å². The van der Waals surface area contributed by atoms with Crippen molar-refractivity contribution in [1.29, 1.82) is 0 Å². The van der Waals surface area contributed by atoms with Gasteiger partial charge in [-0.2, -0.15) is 13.8 Å². The molecule has 2 aliphatic rings. The molecule has 2 nitrogen and oxygen atoms in total. The number of thiocarbonyl (C=S) groups is 1. The van der Waals surface area contributed by atoms with Crippen LogP contribution >= 0.6 is 12.2 Å². The third-order valence-electron chi connectivity index (χ3n) is 8.78. The predicted molar refractivity (Wildman–Crippen MR) is 154 cm³/mol. The molecule has 41 heavy (non-hydrogen) atoms. The number of nitrogens with zero attached hydrogens (tertiary/aromatic N) is 1. The summed E-state index contributed by atoms with van der Waals surface area (Å²) >= 11 is 4.38. The van der Waals surface area contributed by atoms with Crippen LogP contribution in [0.3, 0.4) is 0 Å². The van der Waals surface area contributed by atoms with E-state index in [2.05, 4.69) is 48.4 Å². The number of isothiocyanates is 1. The highest BCUT2D eigenvalue weighted by Crippen LogP contribution is 2.44. The summed E-state index contributed by atoms with van der Waals surface area (Å²) in [6.45, 7) is 2.31. The highest BCUT2D eigenvalue weighted by atomic mass is 32.1. The third-order valence-corrected chi connectivity index (χ3v) is 8.87. The molecule has 5 rings (SSSR count). The number of halogens is 5. The highest BCUT2D eigenvalue weighted by molar-refractivity contribution is 7.78. The molecule has 8 heteroatoms. The molecule has 0 N–H and O–H groups in total. The quantitative estimate of drug-likeness (QED) is 0.156. The predicted octanol–water partition coefficient (Wildman–Crippen LogP) is 10.7. The van der Waals surface area contributed by atoms with Crippen LogP contribution in [0.4, 0.5) is 27.6 Å². The average Bonchev–Trinajstić information content (AvgIpc) is 2.95. The van der Waals surface area contributed by atoms with Crippen LogP contribution in [-0.2, 0) is 0 Å². The first-order valence-corrected chi connectivity index (χ1v) is 14.6. The fourth-order valence-electron chi connectivity index (χ4n) is 6.30. The Kier molecular flexibility index (Phi) is 8.91.